The van der Waals surface area contributed by atoms with Crippen LogP contribution < -0.4 is 5.32 Å². The van der Waals surface area contributed by atoms with Crippen LogP contribution in [0, 0.1) is 5.92 Å². The lowest BCUT2D eigenvalue weighted by atomic mass is 10.1. The summed E-state index contributed by atoms with van der Waals surface area (Å²) in [6.07, 6.45) is 7.70. The summed E-state index contributed by atoms with van der Waals surface area (Å²) in [6.45, 7) is 5.42. The van der Waals surface area contributed by atoms with E-state index in [1.165, 1.54) is 12.8 Å². The molecule has 1 rings (SSSR count). The molecule has 1 N–H and O–H groups in total. The van der Waals surface area contributed by atoms with Crippen molar-refractivity contribution in [1.82, 2.24) is 5.32 Å². The zero-order valence-corrected chi connectivity index (χ0v) is 8.01. The summed E-state index contributed by atoms with van der Waals surface area (Å²) in [5.41, 5.74) is 1.16. The number of nitrogens with one attached hydrogen (secondary N) is 1. The lowest BCUT2D eigenvalue weighted by Gasteiger charge is -2.05. The third-order valence-electron chi connectivity index (χ3n) is 1.99. The average Bonchev–Trinajstić information content (AvgIpc) is 2.15. The minimum Gasteiger partial charge on any atom is -0.389 e. The first-order valence-corrected chi connectivity index (χ1v) is 4.76. The third kappa shape index (κ3) is 3.07. The van der Waals surface area contributed by atoms with Gasteiger partial charge in [-0.2, -0.15) is 0 Å². The fraction of sp³-hybridized carbons (Fsp3) is 0.700. The van der Waals surface area contributed by atoms with Gasteiger partial charge in [-0.3, -0.25) is 4.99 Å². The average molecular weight is 166 g/mol. The maximum atomic E-state index is 4.42. The van der Waals surface area contributed by atoms with E-state index in [-0.39, 0.29) is 0 Å². The van der Waals surface area contributed by atoms with Crippen LogP contribution in [0.3, 0.4) is 0 Å². The fourth-order valence-electron chi connectivity index (χ4n) is 1.16. The molecule has 0 saturated carbocycles. The molecular weight excluding hydrogens is 148 g/mol. The maximum absolute atomic E-state index is 4.42. The molecule has 0 atom stereocenters. The van der Waals surface area contributed by atoms with Crippen LogP contribution in [0.15, 0.2) is 16.9 Å². The number of hydrogen-bond donors (Lipinski definition) is 1. The van der Waals surface area contributed by atoms with Crippen LogP contribution >= 0.6 is 0 Å². The highest BCUT2D eigenvalue weighted by molar-refractivity contribution is 5.58. The largest absolute Gasteiger partial charge is 0.389 e. The molecule has 1 heterocycles. The molecule has 2 nitrogen and oxygen atoms in total. The Morgan fingerprint density at radius 3 is 3.00 bits per heavy atom. The first-order chi connectivity index (χ1) is 5.80. The van der Waals surface area contributed by atoms with Gasteiger partial charge in [0.05, 0.1) is 5.70 Å². The van der Waals surface area contributed by atoms with Crippen molar-refractivity contribution in [3.8, 4) is 0 Å². The molecule has 0 bridgehead atoms. The van der Waals surface area contributed by atoms with Gasteiger partial charge in [0, 0.05) is 19.0 Å². The molecule has 0 aromatic carbocycles. The van der Waals surface area contributed by atoms with Crippen molar-refractivity contribution in [2.75, 3.05) is 6.54 Å². The first-order valence-electron chi connectivity index (χ1n) is 4.76. The zero-order chi connectivity index (χ0) is 8.81. The van der Waals surface area contributed by atoms with Crippen LogP contribution in [-0.2, 0) is 0 Å². The molecule has 0 aliphatic carbocycles. The summed E-state index contributed by atoms with van der Waals surface area (Å²) < 4.78 is 0. The molecule has 0 fully saturated rings. The van der Waals surface area contributed by atoms with E-state index in [2.05, 4.69) is 24.2 Å². The Labute approximate surface area is 74.8 Å². The van der Waals surface area contributed by atoms with Crippen molar-refractivity contribution in [2.24, 2.45) is 10.9 Å². The summed E-state index contributed by atoms with van der Waals surface area (Å²) >= 11 is 0. The van der Waals surface area contributed by atoms with E-state index >= 15 is 0 Å². The Hall–Kier alpha value is -0.790. The molecule has 0 aromatic heterocycles. The predicted molar refractivity (Wildman–Crippen MR) is 53.3 cm³/mol. The Morgan fingerprint density at radius 1 is 1.42 bits per heavy atom. The summed E-state index contributed by atoms with van der Waals surface area (Å²) in [5, 5.41) is 3.28. The molecule has 0 unspecified atom stereocenters. The second-order valence-electron chi connectivity index (χ2n) is 3.49. The van der Waals surface area contributed by atoms with Gasteiger partial charge in [-0.05, 0) is 25.2 Å². The van der Waals surface area contributed by atoms with Crippen molar-refractivity contribution in [2.45, 2.75) is 33.1 Å². The van der Waals surface area contributed by atoms with Gasteiger partial charge in [0.25, 0.3) is 0 Å². The van der Waals surface area contributed by atoms with Crippen LogP contribution in [0.2, 0.25) is 0 Å². The minimum atomic E-state index is 0.520. The summed E-state index contributed by atoms with van der Waals surface area (Å²) in [7, 11) is 0. The molecule has 1 aliphatic rings. The highest BCUT2D eigenvalue weighted by Gasteiger charge is 2.00. The van der Waals surface area contributed by atoms with Crippen LogP contribution in [0.25, 0.3) is 0 Å². The van der Waals surface area contributed by atoms with Crippen LogP contribution in [-0.4, -0.2) is 12.8 Å². The summed E-state index contributed by atoms with van der Waals surface area (Å²) in [5.74, 6) is 0.520. The van der Waals surface area contributed by atoms with Crippen LogP contribution in [0.1, 0.15) is 33.1 Å². The molecule has 2 heteroatoms. The van der Waals surface area contributed by atoms with Gasteiger partial charge in [0.2, 0.25) is 0 Å². The van der Waals surface area contributed by atoms with E-state index < -0.39 is 0 Å². The van der Waals surface area contributed by atoms with Gasteiger partial charge >= 0.3 is 0 Å². The number of rotatable bonds is 1. The zero-order valence-electron chi connectivity index (χ0n) is 8.01. The molecule has 1 aliphatic heterocycles. The number of allylic oxidation sites excluding steroid dienone is 1. The lowest BCUT2D eigenvalue weighted by Crippen LogP contribution is -2.08. The van der Waals surface area contributed by atoms with Crippen molar-refractivity contribution in [1.29, 1.82) is 0 Å². The van der Waals surface area contributed by atoms with E-state index in [0.29, 0.717) is 5.92 Å². The Bertz CT molecular complexity index is 180. The highest BCUT2D eigenvalue weighted by Crippen LogP contribution is 2.10. The molecular formula is C10H18N2. The molecule has 0 aromatic rings. The standard InChI is InChI=1S/C10H18N2/c1-9(2)10-8-11-6-4-3-5-7-12-10/h7-9,11H,3-6H2,1-2H3/b10-8-,12-7+. The van der Waals surface area contributed by atoms with Gasteiger partial charge in [0.1, 0.15) is 0 Å². The first kappa shape index (κ1) is 9.30. The predicted octanol–water partition coefficient (Wildman–Crippen LogP) is 2.33. The smallest absolute Gasteiger partial charge is 0.0581 e. The Balaban J connectivity index is 2.58. The second-order valence-corrected chi connectivity index (χ2v) is 3.49. The molecule has 68 valence electrons. The quantitative estimate of drug-likeness (QED) is 0.635. The molecule has 0 spiro atoms. The van der Waals surface area contributed by atoms with E-state index in [1.807, 2.05) is 12.4 Å². The maximum Gasteiger partial charge on any atom is 0.0581 e. The van der Waals surface area contributed by atoms with Crippen molar-refractivity contribution in [3.63, 3.8) is 0 Å². The highest BCUT2D eigenvalue weighted by atomic mass is 14.9. The fourth-order valence-corrected chi connectivity index (χ4v) is 1.16. The number of nitrogens with zero attached hydrogens (tertiary/aromatic N) is 1. The second kappa shape index (κ2) is 4.96. The molecule has 0 amide bonds. The summed E-state index contributed by atoms with van der Waals surface area (Å²) in [6, 6.07) is 0. The monoisotopic (exact) mass is 166 g/mol. The van der Waals surface area contributed by atoms with Gasteiger partial charge in [-0.1, -0.05) is 13.8 Å². The van der Waals surface area contributed by atoms with Crippen LogP contribution in [0.5, 0.6) is 0 Å². The molecule has 12 heavy (non-hydrogen) atoms. The van der Waals surface area contributed by atoms with E-state index in [4.69, 9.17) is 0 Å². The van der Waals surface area contributed by atoms with E-state index in [0.717, 1.165) is 18.7 Å². The topological polar surface area (TPSA) is 24.4 Å². The van der Waals surface area contributed by atoms with Crippen molar-refractivity contribution >= 4 is 6.21 Å². The lowest BCUT2D eigenvalue weighted by molar-refractivity contribution is 0.704. The molecule has 0 saturated heterocycles. The molecule has 0 radical (unpaired) electrons. The van der Waals surface area contributed by atoms with Gasteiger partial charge in [-0.25, -0.2) is 0 Å². The van der Waals surface area contributed by atoms with Crippen molar-refractivity contribution < 1.29 is 0 Å². The van der Waals surface area contributed by atoms with Crippen LogP contribution in [0.4, 0.5) is 0 Å². The van der Waals surface area contributed by atoms with Gasteiger partial charge in [-0.15, -0.1) is 0 Å². The third-order valence-corrected chi connectivity index (χ3v) is 1.99. The normalized spacial score (nSPS) is 26.1. The van der Waals surface area contributed by atoms with E-state index in [9.17, 15) is 0 Å². The SMILES string of the molecule is CC(C)C1=C/NCCCC\C=N\1. The van der Waals surface area contributed by atoms with Gasteiger partial charge in [0.15, 0.2) is 0 Å². The number of hydrogen-bond acceptors (Lipinski definition) is 2. The summed E-state index contributed by atoms with van der Waals surface area (Å²) in [4.78, 5) is 4.42. The van der Waals surface area contributed by atoms with Gasteiger partial charge < -0.3 is 5.32 Å². The van der Waals surface area contributed by atoms with E-state index in [1.54, 1.807) is 0 Å². The van der Waals surface area contributed by atoms with Crippen molar-refractivity contribution in [3.05, 3.63) is 11.9 Å². The Morgan fingerprint density at radius 2 is 2.25 bits per heavy atom. The Kier molecular flexibility index (Phi) is 3.85. The minimum absolute atomic E-state index is 0.520. The number of aliphatic imine (C=N–C) groups is 1.